The first-order valence-corrected chi connectivity index (χ1v) is 8.40. The lowest BCUT2D eigenvalue weighted by Gasteiger charge is -2.06. The van der Waals surface area contributed by atoms with Crippen molar-refractivity contribution < 1.29 is 0 Å². The highest BCUT2D eigenvalue weighted by molar-refractivity contribution is 6.31. The normalized spacial score (nSPS) is 10.3. The molecule has 0 bridgehead atoms. The zero-order valence-electron chi connectivity index (χ0n) is 14.9. The summed E-state index contributed by atoms with van der Waals surface area (Å²) in [4.78, 5) is 0. The number of hydrogen-bond acceptors (Lipinski definition) is 1. The first-order chi connectivity index (χ1) is 10.8. The quantitative estimate of drug-likeness (QED) is 0.597. The van der Waals surface area contributed by atoms with Crippen molar-refractivity contribution >= 4 is 11.6 Å². The molecule has 122 valence electrons. The van der Waals surface area contributed by atoms with E-state index in [0.717, 1.165) is 21.7 Å². The lowest BCUT2D eigenvalue weighted by Crippen LogP contribution is -1.90. The van der Waals surface area contributed by atoms with Crippen LogP contribution in [0, 0.1) is 25.2 Å². The smallest absolute Gasteiger partial charge is 0.0994 e. The van der Waals surface area contributed by atoms with Gasteiger partial charge in [0.15, 0.2) is 0 Å². The van der Waals surface area contributed by atoms with Crippen molar-refractivity contribution in [1.82, 2.24) is 0 Å². The summed E-state index contributed by atoms with van der Waals surface area (Å²) in [6.45, 7) is 12.6. The Kier molecular flexibility index (Phi) is 7.33. The van der Waals surface area contributed by atoms with Gasteiger partial charge in [0, 0.05) is 5.02 Å². The second kappa shape index (κ2) is 8.75. The number of nitrogens with zero attached hydrogens (tertiary/aromatic N) is 1. The monoisotopic (exact) mass is 327 g/mol. The summed E-state index contributed by atoms with van der Waals surface area (Å²) in [6, 6.07) is 14.5. The van der Waals surface area contributed by atoms with Crippen LogP contribution in [0.25, 0.3) is 0 Å². The van der Waals surface area contributed by atoms with Gasteiger partial charge in [0.05, 0.1) is 11.6 Å². The fourth-order valence-electron chi connectivity index (χ4n) is 2.09. The van der Waals surface area contributed by atoms with E-state index in [0.29, 0.717) is 11.8 Å². The van der Waals surface area contributed by atoms with Crippen LogP contribution in [0.4, 0.5) is 0 Å². The first kappa shape index (κ1) is 19.3. The molecule has 0 aliphatic heterocycles. The summed E-state index contributed by atoms with van der Waals surface area (Å²) in [5, 5.41) is 9.65. The molecule has 2 aromatic carbocycles. The minimum Gasteiger partial charge on any atom is -0.192 e. The van der Waals surface area contributed by atoms with Crippen LogP contribution in [-0.4, -0.2) is 0 Å². The molecule has 0 aliphatic rings. The van der Waals surface area contributed by atoms with E-state index in [4.69, 9.17) is 16.9 Å². The number of hydrogen-bond donors (Lipinski definition) is 0. The van der Waals surface area contributed by atoms with Crippen molar-refractivity contribution in [2.24, 2.45) is 0 Å². The highest BCUT2D eigenvalue weighted by Crippen LogP contribution is 2.21. The van der Waals surface area contributed by atoms with Crippen LogP contribution in [0.3, 0.4) is 0 Å². The van der Waals surface area contributed by atoms with E-state index in [2.05, 4.69) is 52.0 Å². The Morgan fingerprint density at radius 1 is 0.826 bits per heavy atom. The Morgan fingerprint density at radius 3 is 1.74 bits per heavy atom. The molecule has 2 rings (SSSR count). The Labute approximate surface area is 145 Å². The molecular weight excluding hydrogens is 302 g/mol. The van der Waals surface area contributed by atoms with E-state index in [1.54, 1.807) is 0 Å². The summed E-state index contributed by atoms with van der Waals surface area (Å²) >= 11 is 5.96. The molecule has 1 nitrogen and oxygen atoms in total. The molecule has 0 aromatic heterocycles. The van der Waals surface area contributed by atoms with Gasteiger partial charge in [-0.1, -0.05) is 63.6 Å². The number of benzene rings is 2. The van der Waals surface area contributed by atoms with Crippen LogP contribution < -0.4 is 0 Å². The Hall–Kier alpha value is -1.78. The van der Waals surface area contributed by atoms with Crippen LogP contribution in [0.15, 0.2) is 36.4 Å². The highest BCUT2D eigenvalue weighted by atomic mass is 35.5. The Morgan fingerprint density at radius 2 is 1.30 bits per heavy atom. The SMILES string of the molecule is Cc1ccc(C(C)C)cc1C#N.Cc1ccc(C(C)C)cc1Cl. The standard InChI is InChI=1S/C11H13N.C10H13Cl/c1-8(2)10-5-4-9(3)11(6-10)7-12;1-7(2)9-5-4-8(3)10(11)6-9/h4-6,8H,1-3H3;4-7H,1-3H3. The summed E-state index contributed by atoms with van der Waals surface area (Å²) < 4.78 is 0. The molecule has 2 aromatic rings. The fraction of sp³-hybridized carbons (Fsp3) is 0.381. The predicted molar refractivity (Wildman–Crippen MR) is 100 cm³/mol. The topological polar surface area (TPSA) is 23.8 Å². The van der Waals surface area contributed by atoms with Crippen molar-refractivity contribution in [1.29, 1.82) is 5.26 Å². The van der Waals surface area contributed by atoms with Crippen LogP contribution in [0.1, 0.15) is 67.3 Å². The molecule has 0 spiro atoms. The van der Waals surface area contributed by atoms with Crippen LogP contribution >= 0.6 is 11.6 Å². The molecule has 0 unspecified atom stereocenters. The van der Waals surface area contributed by atoms with Gasteiger partial charge in [0.25, 0.3) is 0 Å². The maximum atomic E-state index is 8.77. The molecule has 0 N–H and O–H groups in total. The molecule has 23 heavy (non-hydrogen) atoms. The van der Waals surface area contributed by atoms with Crippen molar-refractivity contribution in [3.63, 3.8) is 0 Å². The van der Waals surface area contributed by atoms with Crippen LogP contribution in [0.2, 0.25) is 5.02 Å². The van der Waals surface area contributed by atoms with E-state index in [1.807, 2.05) is 32.0 Å². The number of aryl methyl sites for hydroxylation is 2. The van der Waals surface area contributed by atoms with Gasteiger partial charge in [-0.15, -0.1) is 0 Å². The lowest BCUT2D eigenvalue weighted by atomic mass is 9.98. The van der Waals surface area contributed by atoms with Gasteiger partial charge in [0.2, 0.25) is 0 Å². The van der Waals surface area contributed by atoms with Crippen molar-refractivity contribution in [2.75, 3.05) is 0 Å². The molecule has 0 atom stereocenters. The Bertz CT molecular complexity index is 693. The number of rotatable bonds is 2. The Balaban J connectivity index is 0.000000231. The summed E-state index contributed by atoms with van der Waals surface area (Å²) in [7, 11) is 0. The van der Waals surface area contributed by atoms with Crippen LogP contribution in [0.5, 0.6) is 0 Å². The minimum atomic E-state index is 0.498. The molecule has 0 amide bonds. The van der Waals surface area contributed by atoms with Gasteiger partial charge in [0.1, 0.15) is 0 Å². The highest BCUT2D eigenvalue weighted by Gasteiger charge is 2.02. The predicted octanol–water partition coefficient (Wildman–Crippen LogP) is 6.76. The number of halogens is 1. The maximum Gasteiger partial charge on any atom is 0.0994 e. The average Bonchev–Trinajstić information content (AvgIpc) is 2.50. The summed E-state index contributed by atoms with van der Waals surface area (Å²) in [5.74, 6) is 1.06. The average molecular weight is 328 g/mol. The van der Waals surface area contributed by atoms with Gasteiger partial charge >= 0.3 is 0 Å². The third kappa shape index (κ3) is 5.73. The van der Waals surface area contributed by atoms with E-state index < -0.39 is 0 Å². The molecule has 0 aliphatic carbocycles. The van der Waals surface area contributed by atoms with Gasteiger partial charge in [-0.3, -0.25) is 0 Å². The summed E-state index contributed by atoms with van der Waals surface area (Å²) in [6.07, 6.45) is 0. The molecular formula is C21H26ClN. The third-order valence-electron chi connectivity index (χ3n) is 3.91. The molecule has 0 fully saturated rings. The lowest BCUT2D eigenvalue weighted by molar-refractivity contribution is 0.865. The molecule has 0 heterocycles. The van der Waals surface area contributed by atoms with Gasteiger partial charge in [-0.2, -0.15) is 5.26 Å². The second-order valence-corrected chi connectivity index (χ2v) is 6.91. The van der Waals surface area contributed by atoms with Crippen molar-refractivity contribution in [2.45, 2.75) is 53.4 Å². The third-order valence-corrected chi connectivity index (χ3v) is 4.32. The molecule has 0 saturated heterocycles. The molecule has 2 heteroatoms. The van der Waals surface area contributed by atoms with Gasteiger partial charge in [-0.25, -0.2) is 0 Å². The zero-order valence-corrected chi connectivity index (χ0v) is 15.7. The molecule has 0 radical (unpaired) electrons. The van der Waals surface area contributed by atoms with Crippen molar-refractivity contribution in [3.05, 3.63) is 69.2 Å². The maximum absolute atomic E-state index is 8.77. The second-order valence-electron chi connectivity index (χ2n) is 6.50. The minimum absolute atomic E-state index is 0.498. The van der Waals surface area contributed by atoms with E-state index in [1.165, 1.54) is 11.1 Å². The number of nitriles is 1. The zero-order chi connectivity index (χ0) is 17.6. The largest absolute Gasteiger partial charge is 0.192 e. The van der Waals surface area contributed by atoms with E-state index in [9.17, 15) is 0 Å². The first-order valence-electron chi connectivity index (χ1n) is 8.03. The van der Waals surface area contributed by atoms with E-state index >= 15 is 0 Å². The van der Waals surface area contributed by atoms with Crippen LogP contribution in [-0.2, 0) is 0 Å². The summed E-state index contributed by atoms with van der Waals surface area (Å²) in [5.41, 5.74) is 5.54. The van der Waals surface area contributed by atoms with Gasteiger partial charge in [-0.05, 0) is 60.1 Å². The fourth-order valence-corrected chi connectivity index (χ4v) is 2.28. The van der Waals surface area contributed by atoms with E-state index in [-0.39, 0.29) is 0 Å². The van der Waals surface area contributed by atoms with Crippen molar-refractivity contribution in [3.8, 4) is 6.07 Å². The molecule has 0 saturated carbocycles. The van der Waals surface area contributed by atoms with Gasteiger partial charge < -0.3 is 0 Å².